The molecule has 3 amide bonds. The predicted octanol–water partition coefficient (Wildman–Crippen LogP) is 7.34. The molecule has 0 unspecified atom stereocenters. The first-order chi connectivity index (χ1) is 21.1. The molecule has 1 N–H and O–H groups in total. The monoisotopic (exact) mass is 624 g/mol. The van der Waals surface area contributed by atoms with Gasteiger partial charge < -0.3 is 10.1 Å². The van der Waals surface area contributed by atoms with Crippen LogP contribution in [0.2, 0.25) is 0 Å². The molecule has 0 spiro atoms. The summed E-state index contributed by atoms with van der Waals surface area (Å²) in [5, 5.41) is 2.91. The summed E-state index contributed by atoms with van der Waals surface area (Å²) in [6.45, 7) is 5.62. The zero-order valence-corrected chi connectivity index (χ0v) is 25.9. The third-order valence-corrected chi connectivity index (χ3v) is 10.4. The third-order valence-electron chi connectivity index (χ3n) is 9.14. The number of nitrogens with zero attached hydrogens (tertiary/aromatic N) is 1. The van der Waals surface area contributed by atoms with Gasteiger partial charge in [0.2, 0.25) is 17.7 Å². The van der Waals surface area contributed by atoms with Gasteiger partial charge in [0.15, 0.2) is 0 Å². The van der Waals surface area contributed by atoms with E-state index in [9.17, 15) is 14.4 Å². The van der Waals surface area contributed by atoms with Crippen molar-refractivity contribution in [1.29, 1.82) is 0 Å². The van der Waals surface area contributed by atoms with Gasteiger partial charge in [0, 0.05) is 5.69 Å². The molecule has 2 bridgehead atoms. The Hall–Kier alpha value is -4.13. The number of benzene rings is 4. The molecule has 44 heavy (non-hydrogen) atoms. The fraction of sp³-hybridized carbons (Fsp3) is 0.250. The average Bonchev–Trinajstić information content (AvgIpc) is 3.27. The number of hydrogen-bond acceptors (Lipinski definition) is 4. The Morgan fingerprint density at radius 2 is 1.25 bits per heavy atom. The van der Waals surface area contributed by atoms with Crippen molar-refractivity contribution in [2.45, 2.75) is 36.6 Å². The van der Waals surface area contributed by atoms with Gasteiger partial charge >= 0.3 is 0 Å². The molecule has 0 saturated carbocycles. The number of rotatable bonds is 6. The van der Waals surface area contributed by atoms with Crippen LogP contribution in [0.4, 0.5) is 5.69 Å². The highest BCUT2D eigenvalue weighted by Gasteiger charge is 2.73. The van der Waals surface area contributed by atoms with Crippen LogP contribution in [-0.2, 0) is 24.1 Å². The fourth-order valence-corrected chi connectivity index (χ4v) is 8.42. The summed E-state index contributed by atoms with van der Waals surface area (Å²) in [6.07, 6.45) is 0. The van der Waals surface area contributed by atoms with Gasteiger partial charge in [0.05, 0.1) is 11.8 Å². The van der Waals surface area contributed by atoms with Crippen LogP contribution in [0, 0.1) is 24.7 Å². The van der Waals surface area contributed by atoms with Crippen molar-refractivity contribution in [3.05, 3.63) is 125 Å². The van der Waals surface area contributed by atoms with Crippen molar-refractivity contribution in [3.63, 3.8) is 0 Å². The van der Waals surface area contributed by atoms with E-state index >= 15 is 0 Å². The Labute approximate surface area is 265 Å². The van der Waals surface area contributed by atoms with Crippen molar-refractivity contribution >= 4 is 46.6 Å². The van der Waals surface area contributed by atoms with E-state index in [-0.39, 0.29) is 5.92 Å². The minimum absolute atomic E-state index is 0.382. The molecule has 4 aliphatic rings. The van der Waals surface area contributed by atoms with Gasteiger partial charge in [-0.05, 0) is 77.1 Å². The number of amides is 3. The van der Waals surface area contributed by atoms with Crippen molar-refractivity contribution < 1.29 is 19.1 Å². The number of likely N-dealkylation sites (tertiary alicyclic amines) is 1. The summed E-state index contributed by atoms with van der Waals surface area (Å²) in [4.78, 5) is 41.2. The van der Waals surface area contributed by atoms with E-state index in [0.29, 0.717) is 17.2 Å². The van der Waals surface area contributed by atoms with Crippen LogP contribution in [0.1, 0.15) is 41.7 Å². The van der Waals surface area contributed by atoms with E-state index in [1.165, 1.54) is 0 Å². The van der Waals surface area contributed by atoms with Crippen LogP contribution in [0.25, 0.3) is 0 Å². The zero-order valence-electron chi connectivity index (χ0n) is 24.4. The zero-order chi connectivity index (χ0) is 31.0. The molecule has 3 atom stereocenters. The molecular formula is C36H30Cl2N2O4. The number of hydrogen-bond donors (Lipinski definition) is 1. The second-order valence-electron chi connectivity index (χ2n) is 12.1. The van der Waals surface area contributed by atoms with Crippen LogP contribution in [0.5, 0.6) is 11.5 Å². The minimum atomic E-state index is -1.30. The lowest BCUT2D eigenvalue weighted by molar-refractivity contribution is -0.148. The lowest BCUT2D eigenvalue weighted by atomic mass is 9.54. The molecule has 8 rings (SSSR count). The smallest absolute Gasteiger partial charge is 0.247 e. The summed E-state index contributed by atoms with van der Waals surface area (Å²) in [6, 6.07) is 28.6. The van der Waals surface area contributed by atoms with Crippen molar-refractivity contribution in [1.82, 2.24) is 4.90 Å². The number of carbonyl (C=O) groups is 3. The molecule has 8 heteroatoms. The van der Waals surface area contributed by atoms with E-state index in [4.69, 9.17) is 27.9 Å². The topological polar surface area (TPSA) is 75.7 Å². The van der Waals surface area contributed by atoms with Gasteiger partial charge in [-0.25, -0.2) is 0 Å². The number of carbonyl (C=O) groups excluding carboxylic acids is 3. The van der Waals surface area contributed by atoms with Gasteiger partial charge in [0.1, 0.15) is 27.3 Å². The molecule has 0 radical (unpaired) electrons. The first-order valence-electron chi connectivity index (χ1n) is 14.7. The van der Waals surface area contributed by atoms with Crippen LogP contribution < -0.4 is 10.1 Å². The van der Waals surface area contributed by atoms with Gasteiger partial charge in [-0.2, -0.15) is 0 Å². The molecule has 222 valence electrons. The maximum absolute atomic E-state index is 14.4. The van der Waals surface area contributed by atoms with Crippen LogP contribution >= 0.6 is 23.2 Å². The molecule has 1 aliphatic heterocycles. The normalized spacial score (nSPS) is 25.4. The summed E-state index contributed by atoms with van der Waals surface area (Å²) in [5.41, 5.74) is 4.47. The Morgan fingerprint density at radius 3 is 1.70 bits per heavy atom. The summed E-state index contributed by atoms with van der Waals surface area (Å²) >= 11 is 15.1. The van der Waals surface area contributed by atoms with Gasteiger partial charge in [0.25, 0.3) is 0 Å². The van der Waals surface area contributed by atoms with Crippen molar-refractivity contribution in [2.24, 2.45) is 17.8 Å². The van der Waals surface area contributed by atoms with E-state index < -0.39 is 45.3 Å². The number of imide groups is 1. The standard InChI is InChI=1S/C36H30Cl2N2O4/c1-20(2)31(32(41)39-22-15-17-23(18-16-22)44-24-10-8-9-21(3)19-24)40-33(42)29-30(34(40)43)36(38)26-12-5-4-11-25(26)35(29,37)27-13-6-7-14-28(27)36/h4-20,29-31H,1-3H3,(H,39,41)/t29-,30+,31-,35?,36?/m0/s1. The van der Waals surface area contributed by atoms with Crippen molar-refractivity contribution in [3.8, 4) is 11.5 Å². The molecule has 1 fully saturated rings. The molecule has 4 aromatic rings. The van der Waals surface area contributed by atoms with E-state index in [2.05, 4.69) is 5.32 Å². The SMILES string of the molecule is Cc1cccc(Oc2ccc(NC(=O)[C@H](C(C)C)N3C(=O)[C@@H]4[C@H](C3=O)C3(Cl)c5ccccc5C4(Cl)c4ccccc43)cc2)c1. The second kappa shape index (κ2) is 10.2. The maximum atomic E-state index is 14.4. The van der Waals surface area contributed by atoms with E-state index in [1.54, 1.807) is 24.3 Å². The first-order valence-corrected chi connectivity index (χ1v) is 15.4. The molecule has 1 heterocycles. The second-order valence-corrected chi connectivity index (χ2v) is 13.3. The summed E-state index contributed by atoms with van der Waals surface area (Å²) in [5.74, 6) is -2.44. The van der Waals surface area contributed by atoms with Gasteiger partial charge in [-0.3, -0.25) is 19.3 Å². The molecule has 0 aromatic heterocycles. The fourth-order valence-electron chi connectivity index (χ4n) is 7.32. The van der Waals surface area contributed by atoms with Gasteiger partial charge in [-0.1, -0.05) is 74.5 Å². The van der Waals surface area contributed by atoms with Crippen LogP contribution in [0.15, 0.2) is 97.1 Å². The molecular weight excluding hydrogens is 595 g/mol. The number of halogens is 2. The number of nitrogens with one attached hydrogen (secondary N) is 1. The number of anilines is 1. The third kappa shape index (κ3) is 3.97. The molecule has 1 saturated heterocycles. The number of ether oxygens (including phenoxy) is 1. The Morgan fingerprint density at radius 1 is 0.750 bits per heavy atom. The quantitative estimate of drug-likeness (QED) is 0.180. The number of alkyl halides is 2. The minimum Gasteiger partial charge on any atom is -0.457 e. The molecule has 3 aliphatic carbocycles. The van der Waals surface area contributed by atoms with E-state index in [0.717, 1.165) is 32.7 Å². The Bertz CT molecular complexity index is 1710. The number of aryl methyl sites for hydroxylation is 1. The van der Waals surface area contributed by atoms with Crippen molar-refractivity contribution in [2.75, 3.05) is 5.32 Å². The summed E-state index contributed by atoms with van der Waals surface area (Å²) in [7, 11) is 0. The predicted molar refractivity (Wildman–Crippen MR) is 170 cm³/mol. The highest BCUT2D eigenvalue weighted by Crippen LogP contribution is 2.69. The highest BCUT2D eigenvalue weighted by molar-refractivity contribution is 6.36. The summed E-state index contributed by atoms with van der Waals surface area (Å²) < 4.78 is 5.93. The largest absolute Gasteiger partial charge is 0.457 e. The lowest BCUT2D eigenvalue weighted by Gasteiger charge is -2.54. The first kappa shape index (κ1) is 28.6. The molecule has 4 aromatic carbocycles. The Kier molecular flexibility index (Phi) is 6.65. The average molecular weight is 626 g/mol. The van der Waals surface area contributed by atoms with Gasteiger partial charge in [-0.15, -0.1) is 23.2 Å². The highest BCUT2D eigenvalue weighted by atomic mass is 35.5. The van der Waals surface area contributed by atoms with Crippen LogP contribution in [-0.4, -0.2) is 28.7 Å². The van der Waals surface area contributed by atoms with Crippen LogP contribution in [0.3, 0.4) is 0 Å². The maximum Gasteiger partial charge on any atom is 0.247 e. The molecule has 6 nitrogen and oxygen atoms in total. The Balaban J connectivity index is 1.21. The lowest BCUT2D eigenvalue weighted by Crippen LogP contribution is -2.57. The van der Waals surface area contributed by atoms with E-state index in [1.807, 2.05) is 93.6 Å².